The average Bonchev–Trinajstić information content (AvgIpc) is 2.87. The number of nitrogens with two attached hydrogens (primary N) is 1. The molecule has 0 aliphatic carbocycles. The Labute approximate surface area is 121 Å². The lowest BCUT2D eigenvalue weighted by atomic mass is 9.97. The van der Waals surface area contributed by atoms with Crippen LogP contribution in [-0.2, 0) is 14.3 Å². The topological polar surface area (TPSA) is 114 Å². The Morgan fingerprint density at radius 1 is 1.48 bits per heavy atom. The first-order chi connectivity index (χ1) is 10.0. The Hall–Kier alpha value is -2.57. The summed E-state index contributed by atoms with van der Waals surface area (Å²) in [6.07, 6.45) is 0.623. The lowest BCUT2D eigenvalue weighted by Gasteiger charge is -2.11. The van der Waals surface area contributed by atoms with E-state index in [9.17, 15) is 9.59 Å². The fourth-order valence-corrected chi connectivity index (χ4v) is 2.36. The summed E-state index contributed by atoms with van der Waals surface area (Å²) in [5, 5.41) is 14.4. The maximum Gasteiger partial charge on any atom is 0.306 e. The number of amides is 1. The van der Waals surface area contributed by atoms with Gasteiger partial charge < -0.3 is 21.0 Å². The first kappa shape index (κ1) is 14.8. The zero-order chi connectivity index (χ0) is 15.4. The molecule has 2 atom stereocenters. The number of methoxy groups -OCH3 is 1. The summed E-state index contributed by atoms with van der Waals surface area (Å²) >= 11 is 0. The van der Waals surface area contributed by atoms with Crippen molar-refractivity contribution in [2.45, 2.75) is 18.9 Å². The van der Waals surface area contributed by atoms with Crippen LogP contribution in [0.2, 0.25) is 0 Å². The number of benzene rings is 1. The minimum absolute atomic E-state index is 0.0283. The van der Waals surface area contributed by atoms with Gasteiger partial charge in [-0.05, 0) is 12.0 Å². The molecule has 1 amide bonds. The van der Waals surface area contributed by atoms with Gasteiger partial charge in [-0.25, -0.2) is 0 Å². The molecule has 1 aromatic carbocycles. The molecular formula is C14H17N3O4. The van der Waals surface area contributed by atoms with E-state index in [1.807, 2.05) is 0 Å². The Morgan fingerprint density at radius 3 is 2.71 bits per heavy atom. The quantitative estimate of drug-likeness (QED) is 0.246. The first-order valence-corrected chi connectivity index (χ1v) is 6.50. The molecule has 0 saturated carbocycles. The number of nitrogens with one attached hydrogen (secondary N) is 1. The highest BCUT2D eigenvalue weighted by atomic mass is 16.5. The molecule has 0 radical (unpaired) electrons. The summed E-state index contributed by atoms with van der Waals surface area (Å²) in [6, 6.07) is 6.89. The highest BCUT2D eigenvalue weighted by molar-refractivity contribution is 5.97. The van der Waals surface area contributed by atoms with Gasteiger partial charge in [0.25, 0.3) is 0 Å². The number of ether oxygens (including phenoxy) is 1. The molecule has 2 rings (SSSR count). The molecule has 21 heavy (non-hydrogen) atoms. The molecule has 1 aromatic rings. The van der Waals surface area contributed by atoms with E-state index in [0.29, 0.717) is 12.0 Å². The number of rotatable bonds is 4. The average molecular weight is 291 g/mol. The SMILES string of the molecule is COC(=O)C[C@@H]1C[C@H](c2ccc(/C(N)=N\O)cc2)NC1=O. The van der Waals surface area contributed by atoms with E-state index in [1.54, 1.807) is 24.3 Å². The predicted octanol–water partition coefficient (Wildman–Crippen LogP) is 0.521. The molecule has 0 unspecified atom stereocenters. The van der Waals surface area contributed by atoms with E-state index in [-0.39, 0.29) is 30.1 Å². The molecule has 1 aliphatic heterocycles. The second-order valence-corrected chi connectivity index (χ2v) is 4.88. The monoisotopic (exact) mass is 291 g/mol. The zero-order valence-electron chi connectivity index (χ0n) is 11.6. The van der Waals surface area contributed by atoms with Crippen LogP contribution in [0.15, 0.2) is 29.4 Å². The van der Waals surface area contributed by atoms with Crippen LogP contribution in [0.3, 0.4) is 0 Å². The molecule has 1 fully saturated rings. The van der Waals surface area contributed by atoms with Gasteiger partial charge in [0.05, 0.1) is 25.5 Å². The van der Waals surface area contributed by atoms with Crippen molar-refractivity contribution in [1.29, 1.82) is 0 Å². The minimum Gasteiger partial charge on any atom is -0.469 e. The zero-order valence-corrected chi connectivity index (χ0v) is 11.6. The van der Waals surface area contributed by atoms with Crippen molar-refractivity contribution in [3.63, 3.8) is 0 Å². The number of carbonyl (C=O) groups is 2. The molecule has 0 aromatic heterocycles. The van der Waals surface area contributed by atoms with Gasteiger partial charge in [0.1, 0.15) is 0 Å². The van der Waals surface area contributed by atoms with Crippen molar-refractivity contribution in [3.8, 4) is 0 Å². The molecule has 7 nitrogen and oxygen atoms in total. The largest absolute Gasteiger partial charge is 0.469 e. The smallest absolute Gasteiger partial charge is 0.306 e. The van der Waals surface area contributed by atoms with Crippen LogP contribution in [0.5, 0.6) is 0 Å². The normalized spacial score (nSPS) is 22.0. The van der Waals surface area contributed by atoms with Gasteiger partial charge in [0.15, 0.2) is 5.84 Å². The van der Waals surface area contributed by atoms with E-state index in [4.69, 9.17) is 10.9 Å². The maximum absolute atomic E-state index is 11.8. The standard InChI is InChI=1S/C14H17N3O4/c1-21-12(18)7-10-6-11(16-14(10)19)8-2-4-9(5-3-8)13(15)17-20/h2-5,10-11,20H,6-7H2,1H3,(H2,15,17)(H,16,19)/t10-,11+/m0/s1. The Kier molecular flexibility index (Phi) is 4.42. The van der Waals surface area contributed by atoms with Crippen LogP contribution >= 0.6 is 0 Å². The van der Waals surface area contributed by atoms with E-state index < -0.39 is 5.97 Å². The second-order valence-electron chi connectivity index (χ2n) is 4.88. The second kappa shape index (κ2) is 6.25. The van der Waals surface area contributed by atoms with E-state index in [1.165, 1.54) is 7.11 Å². The third kappa shape index (κ3) is 3.31. The number of carbonyl (C=O) groups excluding carboxylic acids is 2. The van der Waals surface area contributed by atoms with Crippen molar-refractivity contribution in [2.75, 3.05) is 7.11 Å². The first-order valence-electron chi connectivity index (χ1n) is 6.50. The van der Waals surface area contributed by atoms with Gasteiger partial charge in [-0.15, -0.1) is 0 Å². The lowest BCUT2D eigenvalue weighted by molar-refractivity contribution is -0.143. The van der Waals surface area contributed by atoms with E-state index in [0.717, 1.165) is 5.56 Å². The Morgan fingerprint density at radius 2 is 2.14 bits per heavy atom. The maximum atomic E-state index is 11.8. The van der Waals surface area contributed by atoms with Gasteiger partial charge >= 0.3 is 5.97 Å². The highest BCUT2D eigenvalue weighted by Gasteiger charge is 2.34. The van der Waals surface area contributed by atoms with E-state index >= 15 is 0 Å². The summed E-state index contributed by atoms with van der Waals surface area (Å²) in [6.45, 7) is 0. The summed E-state index contributed by atoms with van der Waals surface area (Å²) in [5.74, 6) is -0.879. The van der Waals surface area contributed by atoms with Crippen LogP contribution in [0.25, 0.3) is 0 Å². The number of hydrogen-bond donors (Lipinski definition) is 3. The van der Waals surface area contributed by atoms with Crippen LogP contribution in [0.4, 0.5) is 0 Å². The van der Waals surface area contributed by atoms with Crippen molar-refractivity contribution >= 4 is 17.7 Å². The van der Waals surface area contributed by atoms with Crippen molar-refractivity contribution in [1.82, 2.24) is 5.32 Å². The molecule has 1 saturated heterocycles. The Bertz CT molecular complexity index is 568. The molecule has 4 N–H and O–H groups in total. The third-order valence-corrected chi connectivity index (χ3v) is 3.56. The number of oxime groups is 1. The van der Waals surface area contributed by atoms with Crippen molar-refractivity contribution in [3.05, 3.63) is 35.4 Å². The summed E-state index contributed by atoms with van der Waals surface area (Å²) in [7, 11) is 1.30. The summed E-state index contributed by atoms with van der Waals surface area (Å²) in [4.78, 5) is 23.1. The molecule has 1 aliphatic rings. The number of amidine groups is 1. The fraction of sp³-hybridized carbons (Fsp3) is 0.357. The van der Waals surface area contributed by atoms with Crippen LogP contribution in [-0.4, -0.2) is 30.0 Å². The van der Waals surface area contributed by atoms with Gasteiger partial charge in [-0.2, -0.15) is 0 Å². The summed E-state index contributed by atoms with van der Waals surface area (Å²) < 4.78 is 4.59. The number of nitrogens with zero attached hydrogens (tertiary/aromatic N) is 1. The molecule has 0 bridgehead atoms. The van der Waals surface area contributed by atoms with Gasteiger partial charge in [-0.3, -0.25) is 9.59 Å². The van der Waals surface area contributed by atoms with Crippen molar-refractivity contribution < 1.29 is 19.5 Å². The van der Waals surface area contributed by atoms with Crippen molar-refractivity contribution in [2.24, 2.45) is 16.8 Å². The van der Waals surface area contributed by atoms with Gasteiger partial charge in [0, 0.05) is 5.56 Å². The van der Waals surface area contributed by atoms with Crippen LogP contribution in [0.1, 0.15) is 30.0 Å². The molecule has 7 heteroatoms. The number of hydrogen-bond acceptors (Lipinski definition) is 5. The predicted molar refractivity (Wildman–Crippen MR) is 74.6 cm³/mol. The Balaban J connectivity index is 2.06. The lowest BCUT2D eigenvalue weighted by Crippen LogP contribution is -2.23. The number of esters is 1. The van der Waals surface area contributed by atoms with Gasteiger partial charge in [-0.1, -0.05) is 29.4 Å². The molecule has 1 heterocycles. The van der Waals surface area contributed by atoms with E-state index in [2.05, 4.69) is 15.2 Å². The minimum atomic E-state index is -0.391. The fourth-order valence-electron chi connectivity index (χ4n) is 2.36. The van der Waals surface area contributed by atoms with Crippen LogP contribution in [0, 0.1) is 5.92 Å². The van der Waals surface area contributed by atoms with Gasteiger partial charge in [0.2, 0.25) is 5.91 Å². The third-order valence-electron chi connectivity index (χ3n) is 3.56. The molecule has 0 spiro atoms. The van der Waals surface area contributed by atoms with Crippen LogP contribution < -0.4 is 11.1 Å². The highest BCUT2D eigenvalue weighted by Crippen LogP contribution is 2.30. The molecule has 112 valence electrons. The summed E-state index contributed by atoms with van der Waals surface area (Å²) in [5.41, 5.74) is 6.99. The molecular weight excluding hydrogens is 274 g/mol.